The largest absolute Gasteiger partial charge is 0.320 e. The molecule has 20 heavy (non-hydrogen) atoms. The number of hydrogen-bond acceptors (Lipinski definition) is 2. The van der Waals surface area contributed by atoms with Gasteiger partial charge in [-0.2, -0.15) is 5.10 Å². The highest BCUT2D eigenvalue weighted by molar-refractivity contribution is 6.34. The van der Waals surface area contributed by atoms with Gasteiger partial charge in [0.05, 0.1) is 11.2 Å². The molecule has 2 aromatic rings. The zero-order valence-electron chi connectivity index (χ0n) is 11.9. The third kappa shape index (κ3) is 2.85. The lowest BCUT2D eigenvalue weighted by Crippen LogP contribution is -2.18. The smallest absolute Gasteiger partial charge is 0.275 e. The number of amides is 1. The molecule has 1 atom stereocenters. The zero-order chi connectivity index (χ0) is 14.7. The highest BCUT2D eigenvalue weighted by atomic mass is 35.5. The number of halogens is 1. The van der Waals surface area contributed by atoms with E-state index in [-0.39, 0.29) is 5.91 Å². The Kier molecular flexibility index (Phi) is 4.45. The van der Waals surface area contributed by atoms with Gasteiger partial charge in [0.25, 0.3) is 5.91 Å². The Bertz CT molecular complexity index is 602. The lowest BCUT2D eigenvalue weighted by atomic mass is 9.97. The number of benzene rings is 1. The van der Waals surface area contributed by atoms with Gasteiger partial charge in [-0.25, -0.2) is 0 Å². The average Bonchev–Trinajstić information content (AvgIpc) is 2.78. The summed E-state index contributed by atoms with van der Waals surface area (Å²) < 4.78 is 1.48. The third-order valence-electron chi connectivity index (χ3n) is 3.46. The van der Waals surface area contributed by atoms with Gasteiger partial charge in [-0.15, -0.1) is 0 Å². The van der Waals surface area contributed by atoms with Crippen molar-refractivity contribution in [3.63, 3.8) is 0 Å². The highest BCUT2D eigenvalue weighted by Crippen LogP contribution is 2.27. The van der Waals surface area contributed by atoms with Crippen LogP contribution in [-0.4, -0.2) is 15.7 Å². The summed E-state index contributed by atoms with van der Waals surface area (Å²) in [5, 5.41) is 7.25. The number of hydrogen-bond donors (Lipinski definition) is 1. The minimum Gasteiger partial charge on any atom is -0.320 e. The fourth-order valence-electron chi connectivity index (χ4n) is 2.11. The molecule has 2 rings (SSSR count). The van der Waals surface area contributed by atoms with Crippen molar-refractivity contribution in [3.05, 3.63) is 46.7 Å². The molecule has 0 bridgehead atoms. The number of nitrogens with zero attached hydrogens (tertiary/aromatic N) is 2. The summed E-state index contributed by atoms with van der Waals surface area (Å²) in [5.74, 6) is 0.138. The zero-order valence-corrected chi connectivity index (χ0v) is 12.6. The van der Waals surface area contributed by atoms with Crippen LogP contribution in [0, 0.1) is 0 Å². The number of aryl methyl sites for hydroxylation is 1. The van der Waals surface area contributed by atoms with Gasteiger partial charge < -0.3 is 5.32 Å². The Hall–Kier alpha value is -1.81. The van der Waals surface area contributed by atoms with Crippen LogP contribution in [0.1, 0.15) is 42.2 Å². The van der Waals surface area contributed by atoms with Gasteiger partial charge in [0.2, 0.25) is 0 Å². The minimum atomic E-state index is -0.245. The van der Waals surface area contributed by atoms with E-state index in [4.69, 9.17) is 11.6 Å². The Balaban J connectivity index is 2.29. The standard InChI is InChI=1S/C15H18ClN3O/c1-4-10(2)11-7-5-6-8-13(11)18-15(20)14-12(16)9-17-19(14)3/h5-10H,4H2,1-3H3,(H,18,20)/t10-/m1/s1. The van der Waals surface area contributed by atoms with Gasteiger partial charge in [-0.05, 0) is 24.0 Å². The molecule has 106 valence electrons. The quantitative estimate of drug-likeness (QED) is 0.930. The first-order valence-electron chi connectivity index (χ1n) is 6.62. The first kappa shape index (κ1) is 14.6. The SMILES string of the molecule is CC[C@@H](C)c1ccccc1NC(=O)c1c(Cl)cnn1C. The molecule has 0 aliphatic rings. The van der Waals surface area contributed by atoms with E-state index in [2.05, 4.69) is 24.3 Å². The first-order chi connectivity index (χ1) is 9.54. The Morgan fingerprint density at radius 1 is 1.45 bits per heavy atom. The number of carbonyl (C=O) groups excluding carboxylic acids is 1. The summed E-state index contributed by atoms with van der Waals surface area (Å²) in [4.78, 5) is 12.3. The maximum Gasteiger partial charge on any atom is 0.275 e. The van der Waals surface area contributed by atoms with Crippen molar-refractivity contribution in [1.82, 2.24) is 9.78 Å². The fraction of sp³-hybridized carbons (Fsp3) is 0.333. The van der Waals surface area contributed by atoms with Crippen LogP contribution >= 0.6 is 11.6 Å². The Morgan fingerprint density at radius 3 is 2.75 bits per heavy atom. The normalized spacial score (nSPS) is 12.2. The van der Waals surface area contributed by atoms with Gasteiger partial charge in [-0.1, -0.05) is 43.6 Å². The first-order valence-corrected chi connectivity index (χ1v) is 7.00. The van der Waals surface area contributed by atoms with Crippen molar-refractivity contribution < 1.29 is 4.79 Å². The van der Waals surface area contributed by atoms with E-state index in [1.807, 2.05) is 24.3 Å². The van der Waals surface area contributed by atoms with Crippen molar-refractivity contribution >= 4 is 23.2 Å². The van der Waals surface area contributed by atoms with Crippen molar-refractivity contribution in [2.24, 2.45) is 7.05 Å². The second-order valence-electron chi connectivity index (χ2n) is 4.82. The second-order valence-corrected chi connectivity index (χ2v) is 5.22. The molecule has 0 aliphatic heterocycles. The van der Waals surface area contributed by atoms with E-state index >= 15 is 0 Å². The predicted octanol–water partition coefficient (Wildman–Crippen LogP) is 3.84. The van der Waals surface area contributed by atoms with Crippen LogP contribution in [0.5, 0.6) is 0 Å². The average molecular weight is 292 g/mol. The molecule has 0 saturated carbocycles. The van der Waals surface area contributed by atoms with E-state index in [0.29, 0.717) is 16.6 Å². The molecule has 0 aliphatic carbocycles. The van der Waals surface area contributed by atoms with Gasteiger partial charge in [-0.3, -0.25) is 9.48 Å². The highest BCUT2D eigenvalue weighted by Gasteiger charge is 2.17. The third-order valence-corrected chi connectivity index (χ3v) is 3.74. The number of para-hydroxylation sites is 1. The van der Waals surface area contributed by atoms with Crippen LogP contribution in [0.15, 0.2) is 30.5 Å². The van der Waals surface area contributed by atoms with Crippen LogP contribution < -0.4 is 5.32 Å². The molecule has 4 nitrogen and oxygen atoms in total. The number of nitrogens with one attached hydrogen (secondary N) is 1. The lowest BCUT2D eigenvalue weighted by molar-refractivity contribution is 0.101. The summed E-state index contributed by atoms with van der Waals surface area (Å²) >= 11 is 5.99. The molecule has 5 heteroatoms. The Morgan fingerprint density at radius 2 is 2.15 bits per heavy atom. The van der Waals surface area contributed by atoms with Crippen LogP contribution in [0.4, 0.5) is 5.69 Å². The molecule has 1 aromatic heterocycles. The van der Waals surface area contributed by atoms with Gasteiger partial charge >= 0.3 is 0 Å². The summed E-state index contributed by atoms with van der Waals surface area (Å²) in [6, 6.07) is 7.83. The molecule has 0 radical (unpaired) electrons. The molecule has 0 fully saturated rings. The van der Waals surface area contributed by atoms with Crippen molar-refractivity contribution in [1.29, 1.82) is 0 Å². The topological polar surface area (TPSA) is 46.9 Å². The number of aromatic nitrogens is 2. The Labute approximate surface area is 123 Å². The van der Waals surface area contributed by atoms with Gasteiger partial charge in [0.1, 0.15) is 5.69 Å². The van der Waals surface area contributed by atoms with E-state index < -0.39 is 0 Å². The van der Waals surface area contributed by atoms with Crippen molar-refractivity contribution in [2.45, 2.75) is 26.2 Å². The number of rotatable bonds is 4. The molecule has 0 unspecified atom stereocenters. The summed E-state index contributed by atoms with van der Waals surface area (Å²) in [6.07, 6.45) is 2.48. The van der Waals surface area contributed by atoms with E-state index in [1.165, 1.54) is 10.9 Å². The number of anilines is 1. The summed E-state index contributed by atoms with van der Waals surface area (Å²) in [5.41, 5.74) is 2.32. The van der Waals surface area contributed by atoms with E-state index in [0.717, 1.165) is 17.7 Å². The summed E-state index contributed by atoms with van der Waals surface area (Å²) in [6.45, 7) is 4.27. The lowest BCUT2D eigenvalue weighted by Gasteiger charge is -2.15. The molecule has 1 amide bonds. The molecule has 0 saturated heterocycles. The molecule has 1 N–H and O–H groups in total. The van der Waals surface area contributed by atoms with Crippen LogP contribution in [0.2, 0.25) is 5.02 Å². The molecule has 1 aromatic carbocycles. The maximum absolute atomic E-state index is 12.3. The summed E-state index contributed by atoms with van der Waals surface area (Å²) in [7, 11) is 1.70. The second kappa shape index (κ2) is 6.09. The maximum atomic E-state index is 12.3. The van der Waals surface area contributed by atoms with Crippen LogP contribution in [0.25, 0.3) is 0 Å². The van der Waals surface area contributed by atoms with Crippen molar-refractivity contribution in [3.8, 4) is 0 Å². The molecule has 1 heterocycles. The monoisotopic (exact) mass is 291 g/mol. The van der Waals surface area contributed by atoms with E-state index in [1.54, 1.807) is 7.05 Å². The van der Waals surface area contributed by atoms with Crippen molar-refractivity contribution in [2.75, 3.05) is 5.32 Å². The van der Waals surface area contributed by atoms with Crippen LogP contribution in [0.3, 0.4) is 0 Å². The molecular formula is C15H18ClN3O. The minimum absolute atomic E-state index is 0.245. The molecule has 0 spiro atoms. The van der Waals surface area contributed by atoms with E-state index in [9.17, 15) is 4.79 Å². The molecular weight excluding hydrogens is 274 g/mol. The van der Waals surface area contributed by atoms with Gasteiger partial charge in [0.15, 0.2) is 0 Å². The number of carbonyl (C=O) groups is 1. The fourth-order valence-corrected chi connectivity index (χ4v) is 2.36. The predicted molar refractivity (Wildman–Crippen MR) is 81.3 cm³/mol. The van der Waals surface area contributed by atoms with Gasteiger partial charge in [0, 0.05) is 12.7 Å². The van der Waals surface area contributed by atoms with Crippen LogP contribution in [-0.2, 0) is 7.05 Å².